The smallest absolute Gasteiger partial charge is 0.133 e. The van der Waals surface area contributed by atoms with Gasteiger partial charge in [0.25, 0.3) is 0 Å². The predicted molar refractivity (Wildman–Crippen MR) is 70.0 cm³/mol. The predicted octanol–water partition coefficient (Wildman–Crippen LogP) is 3.95. The second-order valence-corrected chi connectivity index (χ2v) is 4.21. The van der Waals surface area contributed by atoms with E-state index in [-0.39, 0.29) is 0 Å². The normalized spacial score (nSPS) is 14.1. The molecule has 84 valence electrons. The van der Waals surface area contributed by atoms with Crippen LogP contribution in [0.25, 0.3) is 6.08 Å². The molecule has 1 aromatic carbocycles. The van der Waals surface area contributed by atoms with Gasteiger partial charge < -0.3 is 0 Å². The van der Waals surface area contributed by atoms with Gasteiger partial charge in [0.2, 0.25) is 0 Å². The highest BCUT2D eigenvalue weighted by Gasteiger charge is 2.19. The van der Waals surface area contributed by atoms with E-state index in [1.165, 1.54) is 22.9 Å². The van der Waals surface area contributed by atoms with Crippen LogP contribution in [-0.2, 0) is 6.42 Å². The minimum absolute atomic E-state index is 1.06. The summed E-state index contributed by atoms with van der Waals surface area (Å²) in [6.07, 6.45) is 7.72. The molecule has 0 aliphatic carbocycles. The second kappa shape index (κ2) is 4.56. The van der Waals surface area contributed by atoms with E-state index in [0.29, 0.717) is 0 Å². The van der Waals surface area contributed by atoms with Crippen LogP contribution in [0.1, 0.15) is 37.8 Å². The Hall–Kier alpha value is -1.50. The summed E-state index contributed by atoms with van der Waals surface area (Å²) in [4.78, 5) is 0. The Bertz CT molecular complexity index is 429. The Balaban J connectivity index is 2.45. The minimum Gasteiger partial charge on any atom is -0.291 e. The number of fused-ring (bicyclic) bond motifs is 1. The van der Waals surface area contributed by atoms with Crippen LogP contribution in [0.2, 0.25) is 0 Å². The Labute approximate surface area is 98.1 Å². The third-order valence-corrected chi connectivity index (χ3v) is 3.11. The van der Waals surface area contributed by atoms with E-state index < -0.39 is 0 Å². The summed E-state index contributed by atoms with van der Waals surface area (Å²) in [6.45, 7) is 8.59. The number of para-hydroxylation sites is 1. The lowest BCUT2D eigenvalue weighted by molar-refractivity contribution is -0.411. The molecule has 0 aromatic heterocycles. The molecular weight excluding hydrogens is 194 g/mol. The lowest BCUT2D eigenvalue weighted by atomic mass is 9.97. The lowest BCUT2D eigenvalue weighted by Gasteiger charge is -2.25. The third-order valence-electron chi connectivity index (χ3n) is 3.11. The summed E-state index contributed by atoms with van der Waals surface area (Å²) in [7, 11) is 0. The van der Waals surface area contributed by atoms with Crippen molar-refractivity contribution in [2.45, 2.75) is 33.1 Å². The monoisotopic (exact) mass is 213 g/mol. The molecule has 1 heteroatoms. The van der Waals surface area contributed by atoms with E-state index >= 15 is 0 Å². The van der Waals surface area contributed by atoms with Gasteiger partial charge in [0, 0.05) is 0 Å². The zero-order chi connectivity index (χ0) is 11.5. The molecule has 0 N–H and O–H groups in total. The van der Waals surface area contributed by atoms with Gasteiger partial charge in [-0.25, -0.2) is 0 Å². The highest BCUT2D eigenvalue weighted by Crippen LogP contribution is 2.34. The quantitative estimate of drug-likeness (QED) is 0.528. The van der Waals surface area contributed by atoms with E-state index in [1.54, 1.807) is 0 Å². The van der Waals surface area contributed by atoms with Crippen LogP contribution in [0, 0.1) is 6.04 Å². The maximum Gasteiger partial charge on any atom is 0.133 e. The number of benzene rings is 1. The first-order chi connectivity index (χ1) is 7.77. The topological polar surface area (TPSA) is 3.01 Å². The van der Waals surface area contributed by atoms with Crippen LogP contribution >= 0.6 is 0 Å². The van der Waals surface area contributed by atoms with Gasteiger partial charge in [-0.3, -0.25) is 4.58 Å². The number of rotatable bonds is 3. The molecular formula is C15H19N. The van der Waals surface area contributed by atoms with E-state index in [0.717, 1.165) is 19.3 Å². The van der Waals surface area contributed by atoms with Crippen LogP contribution in [0.3, 0.4) is 0 Å². The summed E-state index contributed by atoms with van der Waals surface area (Å²) in [5.41, 5.74) is 3.95. The molecule has 1 aromatic rings. The van der Waals surface area contributed by atoms with Crippen molar-refractivity contribution in [2.75, 3.05) is 0 Å². The number of hydrogen-bond acceptors (Lipinski definition) is 0. The molecule has 1 aliphatic heterocycles. The summed E-state index contributed by atoms with van der Waals surface area (Å²) in [5.74, 6) is 0. The molecule has 0 bridgehead atoms. The summed E-state index contributed by atoms with van der Waals surface area (Å²) >= 11 is 0. The molecule has 1 heterocycles. The highest BCUT2D eigenvalue weighted by molar-refractivity contribution is 5.68. The molecule has 0 unspecified atom stereocenters. The van der Waals surface area contributed by atoms with Crippen molar-refractivity contribution in [1.29, 1.82) is 0 Å². The molecule has 1 aliphatic rings. The first-order valence-electron chi connectivity index (χ1n) is 6.04. The zero-order valence-electron chi connectivity index (χ0n) is 10.2. The van der Waals surface area contributed by atoms with Gasteiger partial charge in [-0.15, -0.1) is 6.08 Å². The summed E-state index contributed by atoms with van der Waals surface area (Å²) in [6, 6.07) is 7.79. The van der Waals surface area contributed by atoms with Crippen LogP contribution in [0.5, 0.6) is 0 Å². The molecule has 0 radical (unpaired) electrons. The maximum absolute atomic E-state index is 4.19. The van der Waals surface area contributed by atoms with Gasteiger partial charge in [-0.1, -0.05) is 44.5 Å². The first kappa shape index (κ1) is 11.0. The van der Waals surface area contributed by atoms with Crippen LogP contribution < -0.4 is 0 Å². The summed E-state index contributed by atoms with van der Waals surface area (Å²) in [5, 5.41) is 0. The van der Waals surface area contributed by atoms with Gasteiger partial charge in [0.05, 0.1) is 12.8 Å². The average Bonchev–Trinajstić information content (AvgIpc) is 2.32. The fourth-order valence-corrected chi connectivity index (χ4v) is 2.25. The van der Waals surface area contributed by atoms with Crippen LogP contribution in [-0.4, -0.2) is 11.3 Å². The Morgan fingerprint density at radius 2 is 2.12 bits per heavy atom. The van der Waals surface area contributed by atoms with Gasteiger partial charge in [-0.2, -0.15) is 0 Å². The molecule has 0 saturated heterocycles. The first-order valence-corrected chi connectivity index (χ1v) is 6.04. The van der Waals surface area contributed by atoms with Crippen molar-refractivity contribution in [3.63, 3.8) is 0 Å². The Morgan fingerprint density at radius 3 is 2.81 bits per heavy atom. The van der Waals surface area contributed by atoms with Crippen molar-refractivity contribution in [2.24, 2.45) is 0 Å². The van der Waals surface area contributed by atoms with Crippen molar-refractivity contribution in [3.05, 3.63) is 41.4 Å². The standard InChI is InChI=1S/C15H19N/c1-4-7-14-11-10-13-9-6-8-12(5-2)15(13)16(14)3/h6,8-11H,3-5,7H2,1-2H3. The molecule has 0 spiro atoms. The molecule has 16 heavy (non-hydrogen) atoms. The van der Waals surface area contributed by atoms with Crippen molar-refractivity contribution < 1.29 is 4.58 Å². The molecule has 0 amide bonds. The van der Waals surface area contributed by atoms with Crippen molar-refractivity contribution >= 4 is 18.5 Å². The molecule has 0 atom stereocenters. The molecule has 1 nitrogen and oxygen atoms in total. The molecule has 0 saturated carbocycles. The van der Waals surface area contributed by atoms with Gasteiger partial charge >= 0.3 is 0 Å². The highest BCUT2D eigenvalue weighted by atomic mass is 15.0. The number of nitrogens with zero attached hydrogens (tertiary/aromatic N) is 1. The minimum atomic E-state index is 1.06. The fraction of sp³-hybridized carbons (Fsp3) is 0.333. The van der Waals surface area contributed by atoms with E-state index in [1.807, 2.05) is 0 Å². The summed E-state index contributed by atoms with van der Waals surface area (Å²) < 4.78 is 2.11. The third kappa shape index (κ3) is 1.78. The van der Waals surface area contributed by atoms with Gasteiger partial charge in [0.1, 0.15) is 5.69 Å². The fourth-order valence-electron chi connectivity index (χ4n) is 2.25. The van der Waals surface area contributed by atoms with Gasteiger partial charge in [-0.05, 0) is 24.0 Å². The largest absolute Gasteiger partial charge is 0.291 e. The zero-order valence-corrected chi connectivity index (χ0v) is 10.2. The van der Waals surface area contributed by atoms with Gasteiger partial charge in [0.15, 0.2) is 0 Å². The maximum atomic E-state index is 4.19. The Kier molecular flexibility index (Phi) is 3.14. The van der Waals surface area contributed by atoms with Crippen molar-refractivity contribution in [3.8, 4) is 0 Å². The van der Waals surface area contributed by atoms with Crippen molar-refractivity contribution in [1.82, 2.24) is 0 Å². The van der Waals surface area contributed by atoms with Crippen LogP contribution in [0.4, 0.5) is 5.69 Å². The van der Waals surface area contributed by atoms with E-state index in [9.17, 15) is 0 Å². The molecule has 2 rings (SSSR count). The number of aryl methyl sites for hydroxylation is 1. The Morgan fingerprint density at radius 1 is 1.31 bits per heavy atom. The van der Waals surface area contributed by atoms with Crippen LogP contribution in [0.15, 0.2) is 24.3 Å². The van der Waals surface area contributed by atoms with E-state index in [4.69, 9.17) is 0 Å². The molecule has 0 fully saturated rings. The second-order valence-electron chi connectivity index (χ2n) is 4.21. The SMILES string of the molecule is C=[N+]1c2c(cccc2CC)C=C[C-]1CCC. The number of hydrogen-bond donors (Lipinski definition) is 0. The average molecular weight is 213 g/mol. The lowest BCUT2D eigenvalue weighted by Crippen LogP contribution is -2.15. The van der Waals surface area contributed by atoms with E-state index in [2.05, 4.69) is 55.5 Å².